The van der Waals surface area contributed by atoms with Gasteiger partial charge in [-0.05, 0) is 87.0 Å². The van der Waals surface area contributed by atoms with Gasteiger partial charge in [0.25, 0.3) is 0 Å². The molecule has 0 aliphatic carbocycles. The van der Waals surface area contributed by atoms with Crippen molar-refractivity contribution < 1.29 is 9.53 Å². The fourth-order valence-electron chi connectivity index (χ4n) is 3.51. The summed E-state index contributed by atoms with van der Waals surface area (Å²) in [4.78, 5) is 17.7. The van der Waals surface area contributed by atoms with Gasteiger partial charge in [-0.2, -0.15) is 0 Å². The van der Waals surface area contributed by atoms with Crippen molar-refractivity contribution in [3.63, 3.8) is 0 Å². The predicted molar refractivity (Wildman–Crippen MR) is 131 cm³/mol. The maximum absolute atomic E-state index is 12.9. The Bertz CT molecular complexity index is 1300. The number of benzene rings is 3. The summed E-state index contributed by atoms with van der Waals surface area (Å²) in [5.41, 5.74) is 4.19. The van der Waals surface area contributed by atoms with E-state index in [1.54, 1.807) is 42.5 Å². The molecule has 0 saturated heterocycles. The van der Waals surface area contributed by atoms with Crippen LogP contribution in [0.5, 0.6) is 0 Å². The number of nitrogens with zero attached hydrogens (tertiary/aromatic N) is 2. The molecule has 4 nitrogen and oxygen atoms in total. The monoisotopic (exact) mass is 464 g/mol. The highest BCUT2D eigenvalue weighted by molar-refractivity contribution is 6.31. The van der Waals surface area contributed by atoms with Crippen LogP contribution < -0.4 is 0 Å². The molecule has 0 spiro atoms. The summed E-state index contributed by atoms with van der Waals surface area (Å²) in [6, 6.07) is 20.0. The molecule has 4 rings (SSSR count). The van der Waals surface area contributed by atoms with Gasteiger partial charge in [0.15, 0.2) is 0 Å². The lowest BCUT2D eigenvalue weighted by Crippen LogP contribution is -2.07. The highest BCUT2D eigenvalue weighted by Gasteiger charge is 2.17. The van der Waals surface area contributed by atoms with Gasteiger partial charge in [0, 0.05) is 27.7 Å². The Hall–Kier alpha value is -3.08. The second-order valence-corrected chi connectivity index (χ2v) is 8.71. The molecule has 1 aromatic heterocycles. The van der Waals surface area contributed by atoms with E-state index in [1.165, 1.54) is 0 Å². The predicted octanol–water partition coefficient (Wildman–Crippen LogP) is 7.59. The minimum Gasteiger partial charge on any atom is -0.422 e. The zero-order chi connectivity index (χ0) is 22.8. The molecule has 32 heavy (non-hydrogen) atoms. The van der Waals surface area contributed by atoms with Crippen LogP contribution in [0.1, 0.15) is 47.2 Å². The van der Waals surface area contributed by atoms with E-state index in [-0.39, 0.29) is 6.04 Å². The van der Waals surface area contributed by atoms with Gasteiger partial charge in [-0.15, -0.1) is 0 Å². The summed E-state index contributed by atoms with van der Waals surface area (Å²) in [6.45, 7) is 6.25. The zero-order valence-corrected chi connectivity index (χ0v) is 19.5. The van der Waals surface area contributed by atoms with Crippen molar-refractivity contribution in [3.05, 3.63) is 99.3 Å². The smallest absolute Gasteiger partial charge is 0.343 e. The number of imidazole rings is 1. The third kappa shape index (κ3) is 4.72. The first-order valence-electron chi connectivity index (χ1n) is 10.3. The van der Waals surface area contributed by atoms with E-state index in [0.29, 0.717) is 27.2 Å². The standard InChI is InChI=1S/C26H22Cl2N2O2/c1-16(2)30-23-14-17(3)4-13-22(23)29-25(30)15-24(18-5-9-20(27)10-6-18)32-26(31)19-7-11-21(28)12-8-19/h4-16H,1-3H3/b24-15-. The van der Waals surface area contributed by atoms with E-state index in [2.05, 4.69) is 31.4 Å². The average Bonchev–Trinajstić information content (AvgIpc) is 3.11. The summed E-state index contributed by atoms with van der Waals surface area (Å²) in [6.07, 6.45) is 1.80. The van der Waals surface area contributed by atoms with Crippen molar-refractivity contribution in [2.45, 2.75) is 26.8 Å². The fourth-order valence-corrected chi connectivity index (χ4v) is 3.77. The minimum absolute atomic E-state index is 0.159. The quantitative estimate of drug-likeness (QED) is 0.225. The first-order valence-corrected chi connectivity index (χ1v) is 11.0. The number of carbonyl (C=O) groups is 1. The van der Waals surface area contributed by atoms with E-state index in [1.807, 2.05) is 24.3 Å². The molecule has 3 aromatic carbocycles. The van der Waals surface area contributed by atoms with Crippen LogP contribution in [0.3, 0.4) is 0 Å². The van der Waals surface area contributed by atoms with Gasteiger partial charge in [0.05, 0.1) is 16.6 Å². The number of halogens is 2. The highest BCUT2D eigenvalue weighted by atomic mass is 35.5. The Labute approximate surface area is 197 Å². The first kappa shape index (κ1) is 22.1. The maximum atomic E-state index is 12.9. The van der Waals surface area contributed by atoms with Gasteiger partial charge in [-0.3, -0.25) is 0 Å². The lowest BCUT2D eigenvalue weighted by Gasteiger charge is -2.14. The molecule has 4 aromatic rings. The van der Waals surface area contributed by atoms with Crippen LogP contribution in [0.4, 0.5) is 0 Å². The van der Waals surface area contributed by atoms with Crippen LogP contribution in [-0.4, -0.2) is 15.5 Å². The lowest BCUT2D eigenvalue weighted by molar-refractivity contribution is 0.0693. The number of aryl methyl sites for hydroxylation is 1. The van der Waals surface area contributed by atoms with Crippen LogP contribution in [0.15, 0.2) is 66.7 Å². The van der Waals surface area contributed by atoms with E-state index in [4.69, 9.17) is 32.9 Å². The second-order valence-electron chi connectivity index (χ2n) is 7.84. The summed E-state index contributed by atoms with van der Waals surface area (Å²) in [7, 11) is 0. The normalized spacial score (nSPS) is 11.9. The molecule has 0 unspecified atom stereocenters. The van der Waals surface area contributed by atoms with Crippen molar-refractivity contribution in [3.8, 4) is 0 Å². The molecule has 0 amide bonds. The Morgan fingerprint density at radius 1 is 0.938 bits per heavy atom. The van der Waals surface area contributed by atoms with Crippen LogP contribution in [0.2, 0.25) is 10.0 Å². The van der Waals surface area contributed by atoms with Crippen molar-refractivity contribution in [2.75, 3.05) is 0 Å². The Morgan fingerprint density at radius 3 is 2.12 bits per heavy atom. The maximum Gasteiger partial charge on any atom is 0.343 e. The number of rotatable bonds is 5. The molecular formula is C26H22Cl2N2O2. The molecule has 1 heterocycles. The summed E-state index contributed by atoms with van der Waals surface area (Å²) < 4.78 is 7.98. The molecule has 6 heteroatoms. The molecule has 162 valence electrons. The number of hydrogen-bond acceptors (Lipinski definition) is 3. The SMILES string of the molecule is Cc1ccc2nc(/C=C(\OC(=O)c3ccc(Cl)cc3)c3ccc(Cl)cc3)n(C(C)C)c2c1. The number of fused-ring (bicyclic) bond motifs is 1. The number of aromatic nitrogens is 2. The first-order chi connectivity index (χ1) is 15.3. The van der Waals surface area contributed by atoms with Gasteiger partial charge < -0.3 is 9.30 Å². The Kier molecular flexibility index (Phi) is 6.35. The van der Waals surface area contributed by atoms with E-state index < -0.39 is 5.97 Å². The van der Waals surface area contributed by atoms with Gasteiger partial charge in [-0.25, -0.2) is 9.78 Å². The molecule has 0 bridgehead atoms. The van der Waals surface area contributed by atoms with E-state index in [0.717, 1.165) is 22.2 Å². The number of esters is 1. The molecule has 0 fully saturated rings. The number of ether oxygens (including phenoxy) is 1. The van der Waals surface area contributed by atoms with E-state index in [9.17, 15) is 4.79 Å². The average molecular weight is 465 g/mol. The third-order valence-electron chi connectivity index (χ3n) is 5.06. The molecule has 0 N–H and O–H groups in total. The number of carbonyl (C=O) groups excluding carboxylic acids is 1. The second kappa shape index (κ2) is 9.19. The summed E-state index contributed by atoms with van der Waals surface area (Å²) in [5.74, 6) is 0.607. The third-order valence-corrected chi connectivity index (χ3v) is 5.56. The van der Waals surface area contributed by atoms with Crippen LogP contribution in [0, 0.1) is 6.92 Å². The molecule has 0 radical (unpaired) electrons. The van der Waals surface area contributed by atoms with Gasteiger partial charge in [-0.1, -0.05) is 29.3 Å². The van der Waals surface area contributed by atoms with Crippen molar-refractivity contribution in [2.24, 2.45) is 0 Å². The Balaban J connectivity index is 1.83. The summed E-state index contributed by atoms with van der Waals surface area (Å²) in [5, 5.41) is 1.15. The van der Waals surface area contributed by atoms with Crippen molar-refractivity contribution in [1.29, 1.82) is 0 Å². The van der Waals surface area contributed by atoms with Gasteiger partial charge in [0.2, 0.25) is 0 Å². The van der Waals surface area contributed by atoms with Crippen LogP contribution in [0.25, 0.3) is 22.9 Å². The largest absolute Gasteiger partial charge is 0.422 e. The summed E-state index contributed by atoms with van der Waals surface area (Å²) >= 11 is 12.0. The number of hydrogen-bond donors (Lipinski definition) is 0. The lowest BCUT2D eigenvalue weighted by atomic mass is 10.1. The fraction of sp³-hybridized carbons (Fsp3) is 0.154. The molecule has 0 aliphatic rings. The Morgan fingerprint density at radius 2 is 1.53 bits per heavy atom. The van der Waals surface area contributed by atoms with Crippen molar-refractivity contribution in [1.82, 2.24) is 9.55 Å². The van der Waals surface area contributed by atoms with Crippen LogP contribution in [-0.2, 0) is 4.74 Å². The molecule has 0 atom stereocenters. The molecule has 0 saturated carbocycles. The topological polar surface area (TPSA) is 44.1 Å². The minimum atomic E-state index is -0.481. The van der Waals surface area contributed by atoms with Gasteiger partial charge >= 0.3 is 5.97 Å². The molecule has 0 aliphatic heterocycles. The van der Waals surface area contributed by atoms with E-state index >= 15 is 0 Å². The van der Waals surface area contributed by atoms with Crippen molar-refractivity contribution >= 4 is 52.0 Å². The highest BCUT2D eigenvalue weighted by Crippen LogP contribution is 2.28. The molecular weight excluding hydrogens is 443 g/mol. The van der Waals surface area contributed by atoms with Crippen LogP contribution >= 0.6 is 23.2 Å². The van der Waals surface area contributed by atoms with Gasteiger partial charge in [0.1, 0.15) is 11.6 Å². The zero-order valence-electron chi connectivity index (χ0n) is 18.0.